The highest BCUT2D eigenvalue weighted by Gasteiger charge is 2.12. The Bertz CT molecular complexity index is 375. The maximum atomic E-state index is 3.63. The van der Waals surface area contributed by atoms with E-state index in [1.54, 1.807) is 0 Å². The fourth-order valence-corrected chi connectivity index (χ4v) is 3.25. The summed E-state index contributed by atoms with van der Waals surface area (Å²) in [4.78, 5) is 2.42. The van der Waals surface area contributed by atoms with Gasteiger partial charge in [0, 0.05) is 17.1 Å². The largest absolute Gasteiger partial charge is 0.314 e. The minimum Gasteiger partial charge on any atom is -0.314 e. The molecule has 2 nitrogen and oxygen atoms in total. The van der Waals surface area contributed by atoms with E-state index in [0.29, 0.717) is 0 Å². The van der Waals surface area contributed by atoms with Gasteiger partial charge in [0.05, 0.1) is 0 Å². The van der Waals surface area contributed by atoms with Crippen LogP contribution in [-0.4, -0.2) is 31.1 Å². The van der Waals surface area contributed by atoms with Crippen LogP contribution in [0.15, 0.2) is 28.7 Å². The van der Waals surface area contributed by atoms with Crippen LogP contribution < -0.4 is 5.32 Å². The Balaban J connectivity index is 1.65. The monoisotopic (exact) mass is 324 g/mol. The highest BCUT2D eigenvalue weighted by molar-refractivity contribution is 9.10. The van der Waals surface area contributed by atoms with Crippen molar-refractivity contribution < 1.29 is 0 Å². The normalized spacial score (nSPS) is 19.8. The van der Waals surface area contributed by atoms with Crippen molar-refractivity contribution in [3.63, 3.8) is 0 Å². The summed E-state index contributed by atoms with van der Waals surface area (Å²) in [6.45, 7) is 3.45. The number of nitrogens with zero attached hydrogens (tertiary/aromatic N) is 1. The van der Waals surface area contributed by atoms with Crippen LogP contribution in [0.2, 0.25) is 0 Å². The predicted molar refractivity (Wildman–Crippen MR) is 85.4 cm³/mol. The van der Waals surface area contributed by atoms with Crippen LogP contribution in [0.25, 0.3) is 0 Å². The van der Waals surface area contributed by atoms with Crippen molar-refractivity contribution >= 4 is 15.9 Å². The third-order valence-electron chi connectivity index (χ3n) is 3.85. The molecule has 1 aliphatic rings. The third-order valence-corrected chi connectivity index (χ3v) is 4.34. The summed E-state index contributed by atoms with van der Waals surface area (Å²) in [5.74, 6) is 0. The predicted octanol–water partition coefficient (Wildman–Crippen LogP) is 3.80. The first kappa shape index (κ1) is 15.0. The van der Waals surface area contributed by atoms with Gasteiger partial charge in [-0.15, -0.1) is 0 Å². The summed E-state index contributed by atoms with van der Waals surface area (Å²) >= 11 is 3.53. The van der Waals surface area contributed by atoms with Gasteiger partial charge in [-0.3, -0.25) is 0 Å². The number of rotatable bonds is 6. The van der Waals surface area contributed by atoms with Crippen molar-refractivity contribution in [2.75, 3.05) is 20.1 Å². The van der Waals surface area contributed by atoms with E-state index in [9.17, 15) is 0 Å². The molecule has 0 spiro atoms. The fourth-order valence-electron chi connectivity index (χ4n) is 2.80. The van der Waals surface area contributed by atoms with Gasteiger partial charge in [-0.25, -0.2) is 0 Å². The van der Waals surface area contributed by atoms with Gasteiger partial charge in [-0.1, -0.05) is 34.5 Å². The van der Waals surface area contributed by atoms with Crippen LogP contribution in [0.4, 0.5) is 0 Å². The van der Waals surface area contributed by atoms with Crippen LogP contribution in [0.3, 0.4) is 0 Å². The number of piperidine rings is 1. The van der Waals surface area contributed by atoms with Crippen molar-refractivity contribution in [2.24, 2.45) is 0 Å². The average molecular weight is 325 g/mol. The Morgan fingerprint density at radius 3 is 3.00 bits per heavy atom. The molecule has 1 fully saturated rings. The molecule has 1 N–H and O–H groups in total. The van der Waals surface area contributed by atoms with E-state index < -0.39 is 0 Å². The molecule has 0 amide bonds. The van der Waals surface area contributed by atoms with Crippen LogP contribution >= 0.6 is 15.9 Å². The molecule has 0 aromatic heterocycles. The first-order valence-corrected chi connectivity index (χ1v) is 8.20. The summed E-state index contributed by atoms with van der Waals surface area (Å²) < 4.78 is 1.17. The molecule has 1 aromatic rings. The second-order valence-electron chi connectivity index (χ2n) is 5.66. The molecule has 19 heavy (non-hydrogen) atoms. The Kier molecular flexibility index (Phi) is 6.35. The maximum Gasteiger partial charge on any atom is 0.0231 e. The lowest BCUT2D eigenvalue weighted by Crippen LogP contribution is -2.34. The van der Waals surface area contributed by atoms with E-state index in [-0.39, 0.29) is 0 Å². The Morgan fingerprint density at radius 2 is 2.26 bits per heavy atom. The van der Waals surface area contributed by atoms with Crippen LogP contribution in [0, 0.1) is 0 Å². The zero-order valence-corrected chi connectivity index (χ0v) is 13.5. The molecule has 1 aromatic carbocycles. The topological polar surface area (TPSA) is 15.3 Å². The Morgan fingerprint density at radius 1 is 1.37 bits per heavy atom. The summed E-state index contributed by atoms with van der Waals surface area (Å²) in [5.41, 5.74) is 1.38. The molecule has 2 rings (SSSR count). The lowest BCUT2D eigenvalue weighted by molar-refractivity contribution is 0.297. The molecule has 0 aliphatic carbocycles. The summed E-state index contributed by atoms with van der Waals surface area (Å²) in [7, 11) is 2.22. The molecular formula is C16H25BrN2. The van der Waals surface area contributed by atoms with Crippen molar-refractivity contribution in [3.8, 4) is 0 Å². The molecule has 1 unspecified atom stereocenters. The zero-order chi connectivity index (χ0) is 13.5. The van der Waals surface area contributed by atoms with E-state index in [0.717, 1.165) is 12.6 Å². The van der Waals surface area contributed by atoms with Crippen molar-refractivity contribution in [1.82, 2.24) is 10.2 Å². The number of hydrogen-bond donors (Lipinski definition) is 1. The summed E-state index contributed by atoms with van der Waals surface area (Å²) in [6.07, 6.45) is 6.76. The van der Waals surface area contributed by atoms with Crippen molar-refractivity contribution in [3.05, 3.63) is 34.3 Å². The van der Waals surface area contributed by atoms with E-state index in [2.05, 4.69) is 57.5 Å². The van der Waals surface area contributed by atoms with Crippen LogP contribution in [0.5, 0.6) is 0 Å². The number of benzene rings is 1. The maximum absolute atomic E-state index is 3.63. The number of hydrogen-bond acceptors (Lipinski definition) is 2. The van der Waals surface area contributed by atoms with Gasteiger partial charge in [0.1, 0.15) is 0 Å². The van der Waals surface area contributed by atoms with Gasteiger partial charge in [0.2, 0.25) is 0 Å². The molecule has 0 radical (unpaired) electrons. The Hall–Kier alpha value is -0.380. The van der Waals surface area contributed by atoms with Gasteiger partial charge >= 0.3 is 0 Å². The minimum absolute atomic E-state index is 0.771. The Labute approximate surface area is 125 Å². The first-order valence-electron chi connectivity index (χ1n) is 7.40. The van der Waals surface area contributed by atoms with Gasteiger partial charge in [-0.2, -0.15) is 0 Å². The smallest absolute Gasteiger partial charge is 0.0231 e. The summed E-state index contributed by atoms with van der Waals surface area (Å²) in [5, 5.41) is 3.63. The lowest BCUT2D eigenvalue weighted by atomic mass is 10.0. The van der Waals surface area contributed by atoms with Gasteiger partial charge in [0.25, 0.3) is 0 Å². The minimum atomic E-state index is 0.771. The quantitative estimate of drug-likeness (QED) is 0.856. The first-order chi connectivity index (χ1) is 9.24. The second kappa shape index (κ2) is 8.03. The number of halogens is 1. The molecule has 1 saturated heterocycles. The van der Waals surface area contributed by atoms with E-state index in [1.807, 2.05) is 0 Å². The lowest BCUT2D eigenvalue weighted by Gasteiger charge is -2.24. The van der Waals surface area contributed by atoms with E-state index in [4.69, 9.17) is 0 Å². The number of nitrogens with one attached hydrogen (secondary N) is 1. The van der Waals surface area contributed by atoms with Gasteiger partial charge < -0.3 is 10.2 Å². The van der Waals surface area contributed by atoms with Crippen LogP contribution in [-0.2, 0) is 6.54 Å². The van der Waals surface area contributed by atoms with Crippen molar-refractivity contribution in [1.29, 1.82) is 0 Å². The fraction of sp³-hybridized carbons (Fsp3) is 0.625. The van der Waals surface area contributed by atoms with Gasteiger partial charge in [-0.05, 0) is 63.5 Å². The van der Waals surface area contributed by atoms with E-state index in [1.165, 1.54) is 55.2 Å². The highest BCUT2D eigenvalue weighted by atomic mass is 79.9. The molecule has 106 valence electrons. The second-order valence-corrected chi connectivity index (χ2v) is 6.57. The highest BCUT2D eigenvalue weighted by Crippen LogP contribution is 2.14. The molecular weight excluding hydrogens is 300 g/mol. The third kappa shape index (κ3) is 5.64. The average Bonchev–Trinajstić information content (AvgIpc) is 2.40. The van der Waals surface area contributed by atoms with Gasteiger partial charge in [0.15, 0.2) is 0 Å². The molecule has 1 aliphatic heterocycles. The molecule has 0 saturated carbocycles. The van der Waals surface area contributed by atoms with E-state index >= 15 is 0 Å². The molecule has 0 bridgehead atoms. The molecule has 1 atom stereocenters. The molecule has 3 heteroatoms. The SMILES string of the molecule is CN(CCCC1CCCCN1)Cc1cccc(Br)c1. The van der Waals surface area contributed by atoms with Crippen molar-refractivity contribution in [2.45, 2.75) is 44.7 Å². The summed E-state index contributed by atoms with van der Waals surface area (Å²) in [6, 6.07) is 9.37. The standard InChI is InChI=1S/C16H25BrN2/c1-19(13-14-6-4-7-15(17)12-14)11-5-9-16-8-2-3-10-18-16/h4,6-7,12,16,18H,2-3,5,8-11,13H2,1H3. The van der Waals surface area contributed by atoms with Crippen LogP contribution in [0.1, 0.15) is 37.7 Å². The molecule has 1 heterocycles. The zero-order valence-electron chi connectivity index (χ0n) is 11.9.